The van der Waals surface area contributed by atoms with E-state index >= 15 is 0 Å². The normalized spacial score (nSPS) is 35.5. The summed E-state index contributed by atoms with van der Waals surface area (Å²) in [6.45, 7) is 1.76. The summed E-state index contributed by atoms with van der Waals surface area (Å²) < 4.78 is 25.7. The number of carbonyl (C=O) groups is 2. The Kier molecular flexibility index (Phi) is 4.92. The molecule has 31 heavy (non-hydrogen) atoms. The Morgan fingerprint density at radius 1 is 1.23 bits per heavy atom. The van der Waals surface area contributed by atoms with Crippen LogP contribution in [0.4, 0.5) is 5.69 Å². The summed E-state index contributed by atoms with van der Waals surface area (Å²) in [4.78, 5) is 25.7. The van der Waals surface area contributed by atoms with Gasteiger partial charge in [0, 0.05) is 27.7 Å². The second kappa shape index (κ2) is 7.18. The molecule has 0 saturated heterocycles. The molecule has 1 aromatic carbocycles. The fourth-order valence-corrected chi connectivity index (χ4v) is 7.84. The molecule has 0 aliphatic heterocycles. The fourth-order valence-electron chi connectivity index (χ4n) is 6.76. The molecule has 3 atom stereocenters. The van der Waals surface area contributed by atoms with E-state index in [2.05, 4.69) is 5.32 Å². The van der Waals surface area contributed by atoms with Gasteiger partial charge in [0.2, 0.25) is 11.8 Å². The van der Waals surface area contributed by atoms with Crippen LogP contribution in [0.1, 0.15) is 50.5 Å². The first kappa shape index (κ1) is 21.2. The highest BCUT2D eigenvalue weighted by Gasteiger charge is 2.61. The lowest BCUT2D eigenvalue weighted by atomic mass is 9.47. The van der Waals surface area contributed by atoms with Crippen molar-refractivity contribution in [1.29, 1.82) is 0 Å². The minimum absolute atomic E-state index is 0.0311. The van der Waals surface area contributed by atoms with Gasteiger partial charge in [-0.2, -0.15) is 0 Å². The monoisotopic (exact) mass is 464 g/mol. The Bertz CT molecular complexity index is 966. The standard InChI is InChI=1S/C22H28ClN3O4S/c1-12-16(23)3-2-4-17(12)26(31(29)30)22(5-6-22)20(28)25-18-14-7-13-8-15(18)11-21(9-13,10-14)19(24)27/h2-4,13-15,18H,5-11H2,1H3,(H2,24,27)(H,25,28)(H,29,30)/p-1. The van der Waals surface area contributed by atoms with Gasteiger partial charge in [-0.3, -0.25) is 18.1 Å². The predicted octanol–water partition coefficient (Wildman–Crippen LogP) is 2.58. The second-order valence-corrected chi connectivity index (χ2v) is 11.2. The van der Waals surface area contributed by atoms with Crippen LogP contribution < -0.4 is 15.4 Å². The first-order chi connectivity index (χ1) is 14.7. The van der Waals surface area contributed by atoms with Crippen molar-refractivity contribution in [2.75, 3.05) is 4.31 Å². The van der Waals surface area contributed by atoms with Crippen LogP contribution in [0.15, 0.2) is 18.2 Å². The van der Waals surface area contributed by atoms with E-state index < -0.39 is 22.2 Å². The number of benzene rings is 1. The average Bonchev–Trinajstić information content (AvgIpc) is 3.49. The molecule has 0 radical (unpaired) electrons. The van der Waals surface area contributed by atoms with E-state index in [4.69, 9.17) is 17.3 Å². The zero-order valence-corrected chi connectivity index (χ0v) is 19.0. The molecule has 1 aromatic rings. The maximum absolute atomic E-state index is 13.5. The van der Waals surface area contributed by atoms with Crippen molar-refractivity contribution in [1.82, 2.24) is 5.32 Å². The first-order valence-corrected chi connectivity index (χ1v) is 12.3. The number of nitrogens with zero attached hydrogens (tertiary/aromatic N) is 1. The van der Waals surface area contributed by atoms with Crippen LogP contribution in [0.25, 0.3) is 0 Å². The largest absolute Gasteiger partial charge is 0.755 e. The maximum atomic E-state index is 13.5. The molecule has 0 heterocycles. The van der Waals surface area contributed by atoms with E-state index in [1.807, 2.05) is 0 Å². The lowest BCUT2D eigenvalue weighted by molar-refractivity contribution is -0.147. The Hall–Kier alpha value is -1.64. The van der Waals surface area contributed by atoms with Crippen LogP contribution in [0.5, 0.6) is 0 Å². The Morgan fingerprint density at radius 2 is 1.87 bits per heavy atom. The Morgan fingerprint density at radius 3 is 2.42 bits per heavy atom. The third kappa shape index (κ3) is 3.21. The van der Waals surface area contributed by atoms with Crippen LogP contribution in [0.2, 0.25) is 5.02 Å². The van der Waals surface area contributed by atoms with Crippen molar-refractivity contribution in [2.24, 2.45) is 28.9 Å². The van der Waals surface area contributed by atoms with Gasteiger partial charge in [-0.1, -0.05) is 17.7 Å². The molecule has 4 bridgehead atoms. The van der Waals surface area contributed by atoms with Gasteiger partial charge in [0.25, 0.3) is 0 Å². The molecule has 5 fully saturated rings. The highest BCUT2D eigenvalue weighted by atomic mass is 35.5. The predicted molar refractivity (Wildman–Crippen MR) is 117 cm³/mol. The lowest BCUT2D eigenvalue weighted by Crippen LogP contribution is -2.64. The molecule has 0 aromatic heterocycles. The Labute approximate surface area is 189 Å². The minimum Gasteiger partial charge on any atom is -0.755 e. The molecular weight excluding hydrogens is 438 g/mol. The Balaban J connectivity index is 1.40. The van der Waals surface area contributed by atoms with Crippen molar-refractivity contribution >= 4 is 40.4 Å². The van der Waals surface area contributed by atoms with Gasteiger partial charge >= 0.3 is 0 Å². The average molecular weight is 465 g/mol. The molecular formula is C22H27ClN3O4S-. The van der Waals surface area contributed by atoms with Crippen LogP contribution in [0.3, 0.4) is 0 Å². The molecule has 5 aliphatic rings. The summed E-state index contributed by atoms with van der Waals surface area (Å²) in [6, 6.07) is 5.05. The van der Waals surface area contributed by atoms with Gasteiger partial charge in [-0.25, -0.2) is 0 Å². The van der Waals surface area contributed by atoms with Crippen LogP contribution in [0, 0.1) is 30.1 Å². The number of hydrogen-bond acceptors (Lipinski definition) is 4. The topological polar surface area (TPSA) is 116 Å². The zero-order valence-electron chi connectivity index (χ0n) is 17.4. The molecule has 9 heteroatoms. The fraction of sp³-hybridized carbons (Fsp3) is 0.636. The highest BCUT2D eigenvalue weighted by molar-refractivity contribution is 7.80. The smallest absolute Gasteiger partial charge is 0.247 e. The molecule has 5 saturated carbocycles. The highest BCUT2D eigenvalue weighted by Crippen LogP contribution is 2.60. The van der Waals surface area contributed by atoms with Crippen molar-refractivity contribution in [2.45, 2.75) is 63.5 Å². The van der Waals surface area contributed by atoms with Crippen LogP contribution in [-0.4, -0.2) is 32.2 Å². The van der Waals surface area contributed by atoms with Crippen LogP contribution >= 0.6 is 11.6 Å². The number of amides is 2. The molecule has 3 unspecified atom stereocenters. The molecule has 3 N–H and O–H groups in total. The zero-order chi connectivity index (χ0) is 22.1. The summed E-state index contributed by atoms with van der Waals surface area (Å²) in [5.74, 6) is 0.476. The van der Waals surface area contributed by atoms with E-state index in [0.29, 0.717) is 35.0 Å². The number of primary amides is 1. The molecule has 5 aliphatic carbocycles. The number of anilines is 1. The summed E-state index contributed by atoms with van der Waals surface area (Å²) >= 11 is 3.60. The molecule has 7 nitrogen and oxygen atoms in total. The van der Waals surface area contributed by atoms with E-state index in [0.717, 1.165) is 32.1 Å². The quantitative estimate of drug-likeness (QED) is 0.629. The minimum atomic E-state index is -2.62. The first-order valence-electron chi connectivity index (χ1n) is 10.9. The van der Waals surface area contributed by atoms with Crippen LogP contribution in [-0.2, 0) is 20.9 Å². The van der Waals surface area contributed by atoms with Crippen molar-refractivity contribution in [3.8, 4) is 0 Å². The van der Waals surface area contributed by atoms with Gasteiger partial charge in [-0.15, -0.1) is 0 Å². The molecule has 168 valence electrons. The van der Waals surface area contributed by atoms with E-state index in [-0.39, 0.29) is 29.7 Å². The summed E-state index contributed by atoms with van der Waals surface area (Å²) in [6.07, 6.45) is 5.23. The maximum Gasteiger partial charge on any atom is 0.247 e. The number of nitrogens with one attached hydrogen (secondary N) is 1. The molecule has 6 rings (SSSR count). The van der Waals surface area contributed by atoms with Gasteiger partial charge in [0.1, 0.15) is 5.54 Å². The van der Waals surface area contributed by atoms with Crippen molar-refractivity contribution < 1.29 is 18.4 Å². The molecule has 0 spiro atoms. The van der Waals surface area contributed by atoms with E-state index in [1.54, 1.807) is 25.1 Å². The SMILES string of the molecule is Cc1c(Cl)cccc1N(S(=O)[O-])C1(C(=O)NC2C3CC4CC2CC(C(N)=O)(C4)C3)CC1. The summed E-state index contributed by atoms with van der Waals surface area (Å²) in [5.41, 5.74) is 5.30. The number of nitrogens with two attached hydrogens (primary N) is 1. The molecule has 2 amide bonds. The summed E-state index contributed by atoms with van der Waals surface area (Å²) in [5, 5.41) is 3.68. The summed E-state index contributed by atoms with van der Waals surface area (Å²) in [7, 11) is 0. The second-order valence-electron chi connectivity index (χ2n) is 10.0. The van der Waals surface area contributed by atoms with E-state index in [1.165, 1.54) is 4.31 Å². The number of halogens is 1. The van der Waals surface area contributed by atoms with Gasteiger partial charge in [0.05, 0.1) is 5.69 Å². The number of rotatable bonds is 6. The van der Waals surface area contributed by atoms with Crippen molar-refractivity contribution in [3.05, 3.63) is 28.8 Å². The third-order valence-electron chi connectivity index (χ3n) is 8.24. The van der Waals surface area contributed by atoms with Gasteiger partial charge in [0.15, 0.2) is 0 Å². The number of carbonyl (C=O) groups excluding carboxylic acids is 2. The van der Waals surface area contributed by atoms with Gasteiger partial charge < -0.3 is 15.6 Å². The lowest BCUT2D eigenvalue weighted by Gasteiger charge is -2.59. The van der Waals surface area contributed by atoms with E-state index in [9.17, 15) is 18.4 Å². The van der Waals surface area contributed by atoms with Gasteiger partial charge in [-0.05, 0) is 87.3 Å². The third-order valence-corrected chi connectivity index (χ3v) is 9.49. The number of hydrogen-bond donors (Lipinski definition) is 2. The van der Waals surface area contributed by atoms with Crippen molar-refractivity contribution in [3.63, 3.8) is 0 Å².